The Labute approximate surface area is 172 Å². The molecule has 158 valence electrons. The van der Waals surface area contributed by atoms with Crippen LogP contribution in [0.3, 0.4) is 0 Å². The van der Waals surface area contributed by atoms with Gasteiger partial charge in [0.1, 0.15) is 11.5 Å². The zero-order chi connectivity index (χ0) is 21.3. The van der Waals surface area contributed by atoms with E-state index in [0.29, 0.717) is 23.0 Å². The Morgan fingerprint density at radius 2 is 1.68 bits per heavy atom. The lowest BCUT2D eigenvalue weighted by atomic mass is 9.83. The maximum atomic E-state index is 13.4. The second-order valence-electron chi connectivity index (χ2n) is 8.92. The molecule has 5 heteroatoms. The summed E-state index contributed by atoms with van der Waals surface area (Å²) in [5.74, 6) is 1.25. The van der Waals surface area contributed by atoms with Gasteiger partial charge in [-0.15, -0.1) is 0 Å². The van der Waals surface area contributed by atoms with E-state index in [9.17, 15) is 9.36 Å². The van der Waals surface area contributed by atoms with Crippen LogP contribution in [0.25, 0.3) is 0 Å². The minimum absolute atomic E-state index is 0.110. The van der Waals surface area contributed by atoms with Gasteiger partial charge in [-0.1, -0.05) is 58.1 Å². The van der Waals surface area contributed by atoms with Crippen molar-refractivity contribution >= 4 is 13.3 Å². The van der Waals surface area contributed by atoms with Gasteiger partial charge in [-0.2, -0.15) is 0 Å². The maximum absolute atomic E-state index is 13.4. The van der Waals surface area contributed by atoms with Crippen molar-refractivity contribution in [2.45, 2.75) is 78.8 Å². The van der Waals surface area contributed by atoms with Crippen LogP contribution in [0.2, 0.25) is 0 Å². The number of carbonyl (C=O) groups is 1. The minimum Gasteiger partial charge on any atom is -0.496 e. The summed E-state index contributed by atoms with van der Waals surface area (Å²) in [6.45, 7) is 11.0. The molecule has 3 atom stereocenters. The Hall–Kier alpha value is -1.41. The Morgan fingerprint density at radius 3 is 2.14 bits per heavy atom. The lowest BCUT2D eigenvalue weighted by Gasteiger charge is -2.23. The molecule has 4 nitrogen and oxygen atoms in total. The smallest absolute Gasteiger partial charge is 0.423 e. The molecular formula is C23H38O4P+. The van der Waals surface area contributed by atoms with Gasteiger partial charge in [-0.25, -0.2) is 4.79 Å². The zero-order valence-corrected chi connectivity index (χ0v) is 19.6. The zero-order valence-electron chi connectivity index (χ0n) is 18.7. The highest BCUT2D eigenvalue weighted by molar-refractivity contribution is 7.65. The number of carbonyl (C=O) groups excluding carboxylic acids is 1. The molecule has 0 aliphatic rings. The molecule has 0 aliphatic carbocycles. The highest BCUT2D eigenvalue weighted by atomic mass is 31.1. The van der Waals surface area contributed by atoms with E-state index in [0.717, 1.165) is 38.5 Å². The van der Waals surface area contributed by atoms with Gasteiger partial charge < -0.3 is 9.47 Å². The van der Waals surface area contributed by atoms with Gasteiger partial charge in [0.05, 0.1) is 14.2 Å². The van der Waals surface area contributed by atoms with E-state index in [1.165, 1.54) is 14.2 Å². The molecule has 0 aromatic heterocycles. The molecule has 0 bridgehead atoms. The number of hydrogen-bond donors (Lipinski definition) is 0. The Morgan fingerprint density at radius 1 is 1.11 bits per heavy atom. The predicted octanol–water partition coefficient (Wildman–Crippen LogP) is 7.08. The predicted molar refractivity (Wildman–Crippen MR) is 117 cm³/mol. The molecule has 0 heterocycles. The van der Waals surface area contributed by atoms with E-state index in [2.05, 4.69) is 34.6 Å². The molecule has 0 spiro atoms. The van der Waals surface area contributed by atoms with E-state index in [-0.39, 0.29) is 16.6 Å². The monoisotopic (exact) mass is 409 g/mol. The summed E-state index contributed by atoms with van der Waals surface area (Å²) < 4.78 is 24.1. The third-order valence-electron chi connectivity index (χ3n) is 4.95. The first-order valence-corrected chi connectivity index (χ1v) is 11.7. The van der Waals surface area contributed by atoms with Crippen molar-refractivity contribution in [3.05, 3.63) is 23.8 Å². The first kappa shape index (κ1) is 24.6. The van der Waals surface area contributed by atoms with Crippen molar-refractivity contribution in [3.8, 4) is 11.5 Å². The number of rotatable bonds is 12. The molecule has 1 aromatic carbocycles. The van der Waals surface area contributed by atoms with Crippen molar-refractivity contribution in [3.63, 3.8) is 0 Å². The van der Waals surface area contributed by atoms with E-state index < -0.39 is 7.80 Å². The van der Waals surface area contributed by atoms with Crippen molar-refractivity contribution in [2.75, 3.05) is 14.2 Å². The summed E-state index contributed by atoms with van der Waals surface area (Å²) in [6, 6.07) is 5.20. The van der Waals surface area contributed by atoms with Crippen LogP contribution in [0, 0.1) is 11.3 Å². The van der Waals surface area contributed by atoms with Crippen LogP contribution in [0.1, 0.15) is 83.5 Å². The van der Waals surface area contributed by atoms with Crippen LogP contribution < -0.4 is 9.47 Å². The van der Waals surface area contributed by atoms with Gasteiger partial charge in [0.2, 0.25) is 0 Å². The van der Waals surface area contributed by atoms with Crippen molar-refractivity contribution in [1.82, 2.24) is 0 Å². The number of benzene rings is 1. The summed E-state index contributed by atoms with van der Waals surface area (Å²) in [4.78, 5) is 13.2. The van der Waals surface area contributed by atoms with Crippen LogP contribution in [0.5, 0.6) is 11.5 Å². The molecule has 3 unspecified atom stereocenters. The number of unbranched alkanes of at least 4 members (excludes halogenated alkanes) is 2. The van der Waals surface area contributed by atoms with Gasteiger partial charge in [0.15, 0.2) is 11.2 Å². The SMILES string of the molecule is CCCCCC(CC(C)CC(C)(C)C)[P+](=O)C(=O)c1c(OC)cccc1OC. The highest BCUT2D eigenvalue weighted by Gasteiger charge is 2.42. The number of methoxy groups -OCH3 is 2. The topological polar surface area (TPSA) is 52.6 Å². The second kappa shape index (κ2) is 11.6. The van der Waals surface area contributed by atoms with Crippen molar-refractivity contribution < 1.29 is 18.8 Å². The standard InChI is InChI=1S/C23H38O4P/c1-8-9-10-12-18(15-17(2)16-23(3,4)5)28(25)22(24)21-19(26-6)13-11-14-20(21)27-7/h11,13-14,17-18H,8-10,12,15-16H2,1-7H3/q+1. The summed E-state index contributed by atoms with van der Waals surface area (Å²) in [5, 5.41) is 0. The summed E-state index contributed by atoms with van der Waals surface area (Å²) >= 11 is 0. The molecule has 0 N–H and O–H groups in total. The molecular weight excluding hydrogens is 371 g/mol. The third-order valence-corrected chi connectivity index (χ3v) is 6.71. The van der Waals surface area contributed by atoms with Crippen LogP contribution in [-0.2, 0) is 4.57 Å². The summed E-state index contributed by atoms with van der Waals surface area (Å²) in [5.41, 5.74) is 0.0573. The average molecular weight is 410 g/mol. The van der Waals surface area contributed by atoms with Gasteiger partial charge >= 0.3 is 13.3 Å². The van der Waals surface area contributed by atoms with Crippen LogP contribution >= 0.6 is 7.80 Å². The Kier molecular flexibility index (Phi) is 10.2. The average Bonchev–Trinajstić information content (AvgIpc) is 2.63. The molecule has 1 aromatic rings. The van der Waals surface area contributed by atoms with Gasteiger partial charge in [0, 0.05) is 0 Å². The second-order valence-corrected chi connectivity index (χ2v) is 10.7. The largest absolute Gasteiger partial charge is 0.496 e. The van der Waals surface area contributed by atoms with E-state index in [1.54, 1.807) is 18.2 Å². The molecule has 0 radical (unpaired) electrons. The first-order valence-electron chi connectivity index (χ1n) is 10.4. The van der Waals surface area contributed by atoms with Crippen molar-refractivity contribution in [1.29, 1.82) is 0 Å². The highest BCUT2D eigenvalue weighted by Crippen LogP contribution is 2.44. The van der Waals surface area contributed by atoms with E-state index in [1.807, 2.05) is 0 Å². The molecule has 0 fully saturated rings. The molecule has 0 aliphatic heterocycles. The molecule has 0 saturated carbocycles. The van der Waals surface area contributed by atoms with Gasteiger partial charge in [-0.05, 0) is 49.1 Å². The third kappa shape index (κ3) is 7.54. The lowest BCUT2D eigenvalue weighted by Crippen LogP contribution is -2.17. The van der Waals surface area contributed by atoms with E-state index in [4.69, 9.17) is 9.47 Å². The van der Waals surface area contributed by atoms with Gasteiger partial charge in [-0.3, -0.25) is 0 Å². The summed E-state index contributed by atoms with van der Waals surface area (Å²) in [6.07, 6.45) is 5.88. The minimum atomic E-state index is -2.06. The van der Waals surface area contributed by atoms with Crippen LogP contribution in [-0.4, -0.2) is 25.4 Å². The first-order chi connectivity index (χ1) is 13.1. The van der Waals surface area contributed by atoms with Crippen LogP contribution in [0.15, 0.2) is 18.2 Å². The quantitative estimate of drug-likeness (QED) is 0.273. The van der Waals surface area contributed by atoms with Crippen molar-refractivity contribution in [2.24, 2.45) is 11.3 Å². The lowest BCUT2D eigenvalue weighted by molar-refractivity contribution is 0.107. The van der Waals surface area contributed by atoms with Gasteiger partial charge in [0.25, 0.3) is 0 Å². The number of hydrogen-bond acceptors (Lipinski definition) is 4. The molecule has 28 heavy (non-hydrogen) atoms. The van der Waals surface area contributed by atoms with E-state index >= 15 is 0 Å². The molecule has 0 amide bonds. The molecule has 1 rings (SSSR count). The summed E-state index contributed by atoms with van der Waals surface area (Å²) in [7, 11) is 0.968. The van der Waals surface area contributed by atoms with Crippen LogP contribution in [0.4, 0.5) is 0 Å². The Balaban J connectivity index is 3.09. The normalized spacial score (nSPS) is 14.3. The fraction of sp³-hybridized carbons (Fsp3) is 0.696. The number of ether oxygens (including phenoxy) is 2. The Bertz CT molecular complexity index is 626. The fourth-order valence-corrected chi connectivity index (χ4v) is 5.63. The molecule has 0 saturated heterocycles. The fourth-order valence-electron chi connectivity index (χ4n) is 3.89. The maximum Gasteiger partial charge on any atom is 0.423 e.